The monoisotopic (exact) mass is 320 g/mol. The van der Waals surface area contributed by atoms with Crippen molar-refractivity contribution in [1.29, 1.82) is 0 Å². The van der Waals surface area contributed by atoms with E-state index in [0.717, 1.165) is 24.6 Å². The highest BCUT2D eigenvalue weighted by atomic mass is 16.5. The Morgan fingerprint density at radius 1 is 0.957 bits per heavy atom. The molecule has 1 N–H and O–H groups in total. The molecule has 3 rings (SSSR count). The number of benzene rings is 1. The van der Waals surface area contributed by atoms with Crippen LogP contribution in [0.2, 0.25) is 0 Å². The highest BCUT2D eigenvalue weighted by Crippen LogP contribution is 2.45. The average Bonchev–Trinajstić information content (AvgIpc) is 2.88. The van der Waals surface area contributed by atoms with E-state index < -0.39 is 0 Å². The molecule has 0 aliphatic carbocycles. The largest absolute Gasteiger partial charge is 0.493 e. The van der Waals surface area contributed by atoms with Crippen molar-refractivity contribution in [2.45, 2.75) is 38.3 Å². The molecule has 1 atom stereocenters. The third-order valence-corrected chi connectivity index (χ3v) is 5.05. The van der Waals surface area contributed by atoms with Crippen molar-refractivity contribution in [3.63, 3.8) is 0 Å². The van der Waals surface area contributed by atoms with E-state index in [4.69, 9.17) is 14.2 Å². The van der Waals surface area contributed by atoms with Gasteiger partial charge < -0.3 is 19.5 Å². The van der Waals surface area contributed by atoms with E-state index in [1.807, 2.05) is 0 Å². The van der Waals surface area contributed by atoms with Crippen molar-refractivity contribution in [3.05, 3.63) is 17.2 Å². The Labute approximate surface area is 138 Å². The molecule has 0 spiro atoms. The lowest BCUT2D eigenvalue weighted by Gasteiger charge is -2.36. The molecular weight excluding hydrogens is 292 g/mol. The zero-order valence-electron chi connectivity index (χ0n) is 14.5. The van der Waals surface area contributed by atoms with Crippen LogP contribution in [0, 0.1) is 0 Å². The van der Waals surface area contributed by atoms with E-state index in [-0.39, 0.29) is 0 Å². The van der Waals surface area contributed by atoms with Gasteiger partial charge in [0.05, 0.1) is 21.3 Å². The van der Waals surface area contributed by atoms with Crippen molar-refractivity contribution < 1.29 is 14.2 Å². The lowest BCUT2D eigenvalue weighted by atomic mass is 9.93. The number of likely N-dealkylation sites (tertiary alicyclic amines) is 1. The molecule has 2 aliphatic rings. The van der Waals surface area contributed by atoms with Gasteiger partial charge in [0.2, 0.25) is 5.75 Å². The minimum absolute atomic E-state index is 0.380. The maximum Gasteiger partial charge on any atom is 0.203 e. The first-order chi connectivity index (χ1) is 11.3. The Morgan fingerprint density at radius 2 is 1.65 bits per heavy atom. The summed E-state index contributed by atoms with van der Waals surface area (Å²) in [6.45, 7) is 4.12. The molecule has 23 heavy (non-hydrogen) atoms. The second-order valence-corrected chi connectivity index (χ2v) is 6.31. The van der Waals surface area contributed by atoms with Gasteiger partial charge in [-0.2, -0.15) is 0 Å². The van der Waals surface area contributed by atoms with Gasteiger partial charge in [0, 0.05) is 24.7 Å². The van der Waals surface area contributed by atoms with Gasteiger partial charge in [0.25, 0.3) is 0 Å². The van der Waals surface area contributed by atoms with Gasteiger partial charge >= 0.3 is 0 Å². The molecule has 0 unspecified atom stereocenters. The first kappa shape index (κ1) is 16.4. The summed E-state index contributed by atoms with van der Waals surface area (Å²) in [6.07, 6.45) is 5.27. The summed E-state index contributed by atoms with van der Waals surface area (Å²) in [5.41, 5.74) is 2.52. The van der Waals surface area contributed by atoms with Crippen LogP contribution in [-0.2, 0) is 6.54 Å². The molecule has 0 bridgehead atoms. The third-order valence-electron chi connectivity index (χ3n) is 5.05. The summed E-state index contributed by atoms with van der Waals surface area (Å²) in [6, 6.07) is 2.53. The molecule has 1 aromatic rings. The van der Waals surface area contributed by atoms with Crippen molar-refractivity contribution in [1.82, 2.24) is 10.2 Å². The van der Waals surface area contributed by atoms with Crippen LogP contribution in [-0.4, -0.2) is 45.9 Å². The molecule has 0 saturated carbocycles. The molecule has 0 aromatic heterocycles. The number of nitrogens with zero attached hydrogens (tertiary/aromatic N) is 1. The number of fused-ring (bicyclic) bond motifs is 1. The van der Waals surface area contributed by atoms with Gasteiger partial charge in [-0.15, -0.1) is 0 Å². The SMILES string of the molecule is COc1cc2c(c(OC)c1OC)CNC[C@@H]2N1CCCCCC1. The van der Waals surface area contributed by atoms with Crippen molar-refractivity contribution in [2.24, 2.45) is 0 Å². The second kappa shape index (κ2) is 7.41. The Balaban J connectivity index is 2.03. The summed E-state index contributed by atoms with van der Waals surface area (Å²) in [5, 5.41) is 3.55. The Kier molecular flexibility index (Phi) is 5.28. The summed E-state index contributed by atoms with van der Waals surface area (Å²) >= 11 is 0. The maximum absolute atomic E-state index is 5.67. The second-order valence-electron chi connectivity index (χ2n) is 6.31. The van der Waals surface area contributed by atoms with E-state index >= 15 is 0 Å². The lowest BCUT2D eigenvalue weighted by Crippen LogP contribution is -2.40. The number of methoxy groups -OCH3 is 3. The molecular formula is C18H28N2O3. The molecule has 1 aromatic carbocycles. The highest BCUT2D eigenvalue weighted by molar-refractivity contribution is 5.60. The van der Waals surface area contributed by atoms with Crippen LogP contribution in [0.25, 0.3) is 0 Å². The van der Waals surface area contributed by atoms with Gasteiger partial charge in [-0.25, -0.2) is 0 Å². The van der Waals surface area contributed by atoms with Crippen LogP contribution in [0.3, 0.4) is 0 Å². The van der Waals surface area contributed by atoms with Crippen LogP contribution in [0.15, 0.2) is 6.07 Å². The zero-order valence-corrected chi connectivity index (χ0v) is 14.5. The van der Waals surface area contributed by atoms with Crippen LogP contribution < -0.4 is 19.5 Å². The van der Waals surface area contributed by atoms with Gasteiger partial charge in [0.1, 0.15) is 0 Å². The van der Waals surface area contributed by atoms with Gasteiger partial charge in [0.15, 0.2) is 11.5 Å². The van der Waals surface area contributed by atoms with Crippen molar-refractivity contribution in [2.75, 3.05) is 41.0 Å². The Morgan fingerprint density at radius 3 is 2.26 bits per heavy atom. The van der Waals surface area contributed by atoms with Gasteiger partial charge in [-0.05, 0) is 37.6 Å². The minimum atomic E-state index is 0.380. The molecule has 1 saturated heterocycles. The number of nitrogens with one attached hydrogen (secondary N) is 1. The molecule has 5 nitrogen and oxygen atoms in total. The van der Waals surface area contributed by atoms with Crippen molar-refractivity contribution in [3.8, 4) is 17.2 Å². The fraction of sp³-hybridized carbons (Fsp3) is 0.667. The number of hydrogen-bond acceptors (Lipinski definition) is 5. The number of ether oxygens (including phenoxy) is 3. The Bertz CT molecular complexity index is 540. The first-order valence-corrected chi connectivity index (χ1v) is 8.56. The van der Waals surface area contributed by atoms with Gasteiger partial charge in [-0.3, -0.25) is 4.90 Å². The van der Waals surface area contributed by atoms with Crippen LogP contribution in [0.5, 0.6) is 17.2 Å². The van der Waals surface area contributed by atoms with E-state index in [0.29, 0.717) is 11.8 Å². The standard InChI is InChI=1S/C18H28N2O3/c1-21-16-10-13-14(17(22-2)18(16)23-3)11-19-12-15(13)20-8-6-4-5-7-9-20/h10,15,19H,4-9,11-12H2,1-3H3/t15-/m0/s1. The van der Waals surface area contributed by atoms with E-state index in [1.54, 1.807) is 21.3 Å². The average molecular weight is 320 g/mol. The third kappa shape index (κ3) is 3.12. The summed E-state index contributed by atoms with van der Waals surface area (Å²) in [4.78, 5) is 2.61. The molecule has 128 valence electrons. The number of rotatable bonds is 4. The van der Waals surface area contributed by atoms with E-state index in [1.165, 1.54) is 49.9 Å². The smallest absolute Gasteiger partial charge is 0.203 e. The topological polar surface area (TPSA) is 43.0 Å². The van der Waals surface area contributed by atoms with E-state index in [2.05, 4.69) is 16.3 Å². The van der Waals surface area contributed by atoms with Gasteiger partial charge in [-0.1, -0.05) is 12.8 Å². The zero-order chi connectivity index (χ0) is 16.2. The first-order valence-electron chi connectivity index (χ1n) is 8.56. The van der Waals surface area contributed by atoms with Crippen LogP contribution in [0.1, 0.15) is 42.9 Å². The molecule has 1 fully saturated rings. The predicted molar refractivity (Wildman–Crippen MR) is 90.6 cm³/mol. The molecule has 2 heterocycles. The normalized spacial score (nSPS) is 22.1. The maximum atomic E-state index is 5.67. The predicted octanol–water partition coefficient (Wildman–Crippen LogP) is 2.73. The summed E-state index contributed by atoms with van der Waals surface area (Å²) < 4.78 is 16.8. The van der Waals surface area contributed by atoms with Crippen molar-refractivity contribution >= 4 is 0 Å². The molecule has 0 radical (unpaired) electrons. The number of hydrogen-bond donors (Lipinski definition) is 1. The molecule has 0 amide bonds. The van der Waals surface area contributed by atoms with E-state index in [9.17, 15) is 0 Å². The highest BCUT2D eigenvalue weighted by Gasteiger charge is 2.31. The van der Waals surface area contributed by atoms with Crippen LogP contribution in [0.4, 0.5) is 0 Å². The molecule has 2 aliphatic heterocycles. The Hall–Kier alpha value is -1.46. The minimum Gasteiger partial charge on any atom is -0.493 e. The summed E-state index contributed by atoms with van der Waals surface area (Å²) in [7, 11) is 5.05. The molecule has 5 heteroatoms. The van der Waals surface area contributed by atoms with Crippen LogP contribution >= 0.6 is 0 Å². The lowest BCUT2D eigenvalue weighted by molar-refractivity contribution is 0.189. The fourth-order valence-corrected chi connectivity index (χ4v) is 3.89. The quantitative estimate of drug-likeness (QED) is 0.924. The fourth-order valence-electron chi connectivity index (χ4n) is 3.89. The summed E-state index contributed by atoms with van der Waals surface area (Å²) in [5.74, 6) is 2.24.